The van der Waals surface area contributed by atoms with Crippen LogP contribution in [0, 0.1) is 67.2 Å². The van der Waals surface area contributed by atoms with Gasteiger partial charge in [-0.2, -0.15) is 0 Å². The van der Waals surface area contributed by atoms with E-state index in [1.165, 1.54) is 114 Å². The van der Waals surface area contributed by atoms with Crippen molar-refractivity contribution in [3.63, 3.8) is 0 Å². The Balaban J connectivity index is -0.000000130. The molecule has 4 atom stereocenters. The monoisotopic (exact) mass is 777 g/mol. The molecule has 0 spiro atoms. The molecule has 4 aliphatic rings. The van der Waals surface area contributed by atoms with Crippen molar-refractivity contribution in [3.05, 3.63) is 100 Å². The maximum absolute atomic E-state index is 2.38. The molecule has 50 heavy (non-hydrogen) atoms. The molecule has 0 nitrogen and oxygen atoms in total. The van der Waals surface area contributed by atoms with Gasteiger partial charge >= 0.3 is 34.1 Å². The summed E-state index contributed by atoms with van der Waals surface area (Å²) in [6.45, 7) is 22.0. The predicted octanol–water partition coefficient (Wildman–Crippen LogP) is 16.8. The molecule has 0 aliphatic heterocycles. The second kappa shape index (κ2) is 38.2. The fraction of sp³-hybridized carbons (Fsp3) is 0.667. The van der Waals surface area contributed by atoms with E-state index in [2.05, 4.69) is 90.1 Å². The van der Waals surface area contributed by atoms with Crippen molar-refractivity contribution in [2.45, 2.75) is 184 Å². The zero-order valence-electron chi connectivity index (χ0n) is 36.1. The maximum atomic E-state index is 2.38. The van der Waals surface area contributed by atoms with Crippen LogP contribution in [0.4, 0.5) is 0 Å². The number of hydrogen-bond acceptors (Lipinski definition) is 0. The fourth-order valence-electron chi connectivity index (χ4n) is 8.12. The average Bonchev–Trinajstić information content (AvgIpc) is 3.88. The number of rotatable bonds is 4. The van der Waals surface area contributed by atoms with Gasteiger partial charge in [0.15, 0.2) is 0 Å². The van der Waals surface area contributed by atoms with Crippen LogP contribution in [0.2, 0.25) is 0 Å². The molecule has 4 unspecified atom stereocenters. The minimum absolute atomic E-state index is 0. The first-order valence-corrected chi connectivity index (χ1v) is 19.5. The second-order valence-electron chi connectivity index (χ2n) is 14.1. The first-order valence-electron chi connectivity index (χ1n) is 19.5. The van der Waals surface area contributed by atoms with Crippen LogP contribution in [-0.2, 0) is 34.1 Å². The summed E-state index contributed by atoms with van der Waals surface area (Å²) in [4.78, 5) is 0. The minimum atomic E-state index is 0. The van der Waals surface area contributed by atoms with Crippen molar-refractivity contribution in [2.75, 3.05) is 0 Å². The molecule has 0 bridgehead atoms. The smallest absolute Gasteiger partial charge is 0.358 e. The topological polar surface area (TPSA) is 0 Å². The molecule has 4 fully saturated rings. The second-order valence-corrected chi connectivity index (χ2v) is 14.1. The molecule has 2 aromatic rings. The normalized spacial score (nSPS) is 20.7. The molecule has 0 amide bonds. The molecule has 2 heteroatoms. The molecule has 6 rings (SSSR count). The molecule has 0 saturated heterocycles. The van der Waals surface area contributed by atoms with Crippen molar-refractivity contribution < 1.29 is 34.1 Å². The third kappa shape index (κ3) is 22.5. The van der Waals surface area contributed by atoms with Gasteiger partial charge in [-0.25, -0.2) is 0 Å². The fourth-order valence-corrected chi connectivity index (χ4v) is 8.12. The molecular weight excluding hydrogens is 688 g/mol. The van der Waals surface area contributed by atoms with Gasteiger partial charge in [-0.3, -0.25) is 0 Å². The molecular formula is C48H88Fe2. The van der Waals surface area contributed by atoms with Crippen molar-refractivity contribution in [2.24, 2.45) is 23.7 Å². The van der Waals surface area contributed by atoms with E-state index in [9.17, 15) is 0 Å². The van der Waals surface area contributed by atoms with Crippen LogP contribution < -0.4 is 0 Å². The SMILES string of the molecule is C1CCCC1.C1CCCC1.CC.CC.Cc1ccccc1C1CCCC1C(C)C.Cc1ccccc1C1CCCC1C(C)C.[CH3-].[CH3-].[CH3-].[CH3-].[Fe+2].[Fe+2]. The van der Waals surface area contributed by atoms with Crippen molar-refractivity contribution in [1.82, 2.24) is 0 Å². The van der Waals surface area contributed by atoms with E-state index in [-0.39, 0.29) is 63.8 Å². The zero-order valence-corrected chi connectivity index (χ0v) is 38.3. The van der Waals surface area contributed by atoms with Crippen LogP contribution in [0.3, 0.4) is 0 Å². The molecule has 4 aliphatic carbocycles. The summed E-state index contributed by atoms with van der Waals surface area (Å²) in [5, 5.41) is 0. The molecule has 0 aromatic heterocycles. The van der Waals surface area contributed by atoms with Crippen molar-refractivity contribution >= 4 is 0 Å². The van der Waals surface area contributed by atoms with Gasteiger partial charge in [0.25, 0.3) is 0 Å². The zero-order chi connectivity index (χ0) is 32.7. The van der Waals surface area contributed by atoms with Crippen LogP contribution in [0.15, 0.2) is 48.5 Å². The third-order valence-electron chi connectivity index (χ3n) is 10.5. The summed E-state index contributed by atoms with van der Waals surface area (Å²) in [6, 6.07) is 17.9. The van der Waals surface area contributed by atoms with Crippen LogP contribution in [0.5, 0.6) is 0 Å². The van der Waals surface area contributed by atoms with E-state index < -0.39 is 0 Å². The summed E-state index contributed by atoms with van der Waals surface area (Å²) >= 11 is 0. The number of aryl methyl sites for hydroxylation is 2. The molecule has 2 aromatic carbocycles. The van der Waals surface area contributed by atoms with Gasteiger partial charge < -0.3 is 29.7 Å². The predicted molar refractivity (Wildman–Crippen MR) is 227 cm³/mol. The first kappa shape index (κ1) is 61.5. The van der Waals surface area contributed by atoms with Gasteiger partial charge in [0.2, 0.25) is 0 Å². The van der Waals surface area contributed by atoms with E-state index in [0.717, 1.165) is 35.5 Å². The maximum Gasteiger partial charge on any atom is 2.00 e. The van der Waals surface area contributed by atoms with Gasteiger partial charge in [-0.05, 0) is 97.3 Å². The van der Waals surface area contributed by atoms with Gasteiger partial charge in [-0.1, -0.05) is 181 Å². The Kier molecular flexibility index (Phi) is 47.0. The van der Waals surface area contributed by atoms with E-state index in [4.69, 9.17) is 0 Å². The number of hydrogen-bond donors (Lipinski definition) is 0. The molecule has 0 N–H and O–H groups in total. The Morgan fingerprint density at radius 1 is 0.400 bits per heavy atom. The van der Waals surface area contributed by atoms with Crippen LogP contribution >= 0.6 is 0 Å². The van der Waals surface area contributed by atoms with Crippen LogP contribution in [0.25, 0.3) is 0 Å². The number of benzene rings is 2. The standard InChI is InChI=1S/2C15H22.2C5H10.2C2H6.4CH3.2Fe/c2*1-11(2)13-9-6-10-15(13)14-8-5-4-7-12(14)3;2*1-2-4-5-3-1;2*1-2;;;;;;/h2*4-5,7-8,11,13,15H,6,9-10H2,1-3H3;2*1-5H2;2*1-2H3;4*1H3;;/q;;;;;;4*-1;2*+2. The quantitative estimate of drug-likeness (QED) is 0.214. The van der Waals surface area contributed by atoms with E-state index >= 15 is 0 Å². The Labute approximate surface area is 340 Å². The summed E-state index contributed by atoms with van der Waals surface area (Å²) in [5.74, 6) is 5.13. The average molecular weight is 777 g/mol. The Morgan fingerprint density at radius 2 is 0.640 bits per heavy atom. The Hall–Kier alpha value is -0.521. The molecule has 296 valence electrons. The van der Waals surface area contributed by atoms with Gasteiger partial charge in [-0.15, -0.1) is 0 Å². The van der Waals surface area contributed by atoms with E-state index in [0.29, 0.717) is 0 Å². The molecule has 0 heterocycles. The molecule has 4 saturated carbocycles. The van der Waals surface area contributed by atoms with E-state index in [1.807, 2.05) is 27.7 Å². The minimum Gasteiger partial charge on any atom is -0.358 e. The van der Waals surface area contributed by atoms with Crippen LogP contribution in [-0.4, -0.2) is 0 Å². The van der Waals surface area contributed by atoms with Gasteiger partial charge in [0.1, 0.15) is 0 Å². The summed E-state index contributed by atoms with van der Waals surface area (Å²) in [7, 11) is 0. The molecule has 0 radical (unpaired) electrons. The van der Waals surface area contributed by atoms with Gasteiger partial charge in [0.05, 0.1) is 0 Å². The van der Waals surface area contributed by atoms with Crippen molar-refractivity contribution in [1.29, 1.82) is 0 Å². The first-order chi connectivity index (χ1) is 21.4. The summed E-state index contributed by atoms with van der Waals surface area (Å²) in [6.07, 6.45) is 23.5. The van der Waals surface area contributed by atoms with E-state index in [1.54, 1.807) is 11.1 Å². The summed E-state index contributed by atoms with van der Waals surface area (Å²) in [5.41, 5.74) is 6.17. The van der Waals surface area contributed by atoms with Crippen LogP contribution in [0.1, 0.15) is 192 Å². The van der Waals surface area contributed by atoms with Gasteiger partial charge in [0, 0.05) is 0 Å². The third-order valence-corrected chi connectivity index (χ3v) is 10.5. The largest absolute Gasteiger partial charge is 2.00 e. The Morgan fingerprint density at radius 3 is 0.860 bits per heavy atom. The summed E-state index contributed by atoms with van der Waals surface area (Å²) < 4.78 is 0. The van der Waals surface area contributed by atoms with Crippen molar-refractivity contribution in [3.8, 4) is 0 Å². The Bertz CT molecular complexity index is 848.